The Balaban J connectivity index is 1.47. The molecule has 1 heterocycles. The first-order chi connectivity index (χ1) is 13.2. The molecule has 1 fully saturated rings. The van der Waals surface area contributed by atoms with Gasteiger partial charge in [0.25, 0.3) is 0 Å². The molecule has 2 aromatic rings. The Hall–Kier alpha value is -2.02. The molecule has 0 bridgehead atoms. The smallest absolute Gasteiger partial charge is 0.338 e. The summed E-state index contributed by atoms with van der Waals surface area (Å²) in [6.07, 6.45) is 0.437. The lowest BCUT2D eigenvalue weighted by Crippen LogP contribution is -2.26. The molecular weight excluding hydrogens is 364 g/mol. The fraction of sp³-hybridized carbons (Fsp3) is 0.381. The van der Waals surface area contributed by atoms with Crippen molar-refractivity contribution in [1.82, 2.24) is 0 Å². The highest BCUT2D eigenvalue weighted by Crippen LogP contribution is 2.37. The van der Waals surface area contributed by atoms with Crippen LogP contribution in [0.1, 0.15) is 22.3 Å². The third-order valence-electron chi connectivity index (χ3n) is 4.36. The molecule has 0 saturated carbocycles. The van der Waals surface area contributed by atoms with Gasteiger partial charge in [0.15, 0.2) is 0 Å². The number of thioether (sulfide) groups is 1. The highest BCUT2D eigenvalue weighted by Gasteiger charge is 2.38. The maximum Gasteiger partial charge on any atom is 0.338 e. The van der Waals surface area contributed by atoms with E-state index >= 15 is 0 Å². The summed E-state index contributed by atoms with van der Waals surface area (Å²) in [5, 5.41) is 0.224. The maximum atomic E-state index is 12.3. The molecule has 6 heteroatoms. The second kappa shape index (κ2) is 9.78. The van der Waals surface area contributed by atoms with E-state index in [0.717, 1.165) is 11.3 Å². The van der Waals surface area contributed by atoms with Crippen molar-refractivity contribution in [2.24, 2.45) is 0 Å². The Bertz CT molecular complexity index is 719. The van der Waals surface area contributed by atoms with Crippen LogP contribution in [-0.4, -0.2) is 43.6 Å². The van der Waals surface area contributed by atoms with Crippen LogP contribution in [0.3, 0.4) is 0 Å². The minimum absolute atomic E-state index is 0.174. The molecule has 3 rings (SSSR count). The zero-order valence-corrected chi connectivity index (χ0v) is 16.3. The third kappa shape index (κ3) is 5.48. The van der Waals surface area contributed by atoms with Crippen LogP contribution in [0, 0.1) is 0 Å². The van der Waals surface area contributed by atoms with Crippen LogP contribution in [0.15, 0.2) is 54.6 Å². The summed E-state index contributed by atoms with van der Waals surface area (Å²) >= 11 is 1.65. The molecule has 0 aliphatic carbocycles. The average molecular weight is 388 g/mol. The lowest BCUT2D eigenvalue weighted by Gasteiger charge is -2.17. The molecule has 2 aromatic carbocycles. The van der Waals surface area contributed by atoms with Crippen molar-refractivity contribution in [3.05, 3.63) is 65.7 Å². The van der Waals surface area contributed by atoms with Crippen LogP contribution in [0.2, 0.25) is 0 Å². The van der Waals surface area contributed by atoms with E-state index in [0.29, 0.717) is 25.2 Å². The highest BCUT2D eigenvalue weighted by molar-refractivity contribution is 8.00. The molecule has 0 aromatic heterocycles. The lowest BCUT2D eigenvalue weighted by molar-refractivity contribution is -0.00367. The first-order valence-corrected chi connectivity index (χ1v) is 9.79. The third-order valence-corrected chi connectivity index (χ3v) is 5.83. The van der Waals surface area contributed by atoms with Crippen LogP contribution in [0.4, 0.5) is 0 Å². The summed E-state index contributed by atoms with van der Waals surface area (Å²) in [5.74, 6) is 0.513. The van der Waals surface area contributed by atoms with Crippen molar-refractivity contribution in [3.8, 4) is 5.75 Å². The highest BCUT2D eigenvalue weighted by atomic mass is 32.2. The van der Waals surface area contributed by atoms with Crippen LogP contribution >= 0.6 is 11.8 Å². The predicted molar refractivity (Wildman–Crippen MR) is 105 cm³/mol. The molecule has 1 aliphatic heterocycles. The molecular formula is C21H24O5S. The predicted octanol–water partition coefficient (Wildman–Crippen LogP) is 3.92. The average Bonchev–Trinajstić information content (AvgIpc) is 3.10. The van der Waals surface area contributed by atoms with Crippen molar-refractivity contribution >= 4 is 17.7 Å². The Morgan fingerprint density at radius 1 is 1.07 bits per heavy atom. The minimum atomic E-state index is -0.317. The summed E-state index contributed by atoms with van der Waals surface area (Å²) < 4.78 is 22.2. The van der Waals surface area contributed by atoms with Gasteiger partial charge in [-0.1, -0.05) is 30.3 Å². The Morgan fingerprint density at radius 3 is 2.48 bits per heavy atom. The van der Waals surface area contributed by atoms with Crippen molar-refractivity contribution in [2.45, 2.75) is 29.8 Å². The van der Waals surface area contributed by atoms with Gasteiger partial charge < -0.3 is 18.9 Å². The quantitative estimate of drug-likeness (QED) is 0.639. The largest absolute Gasteiger partial charge is 0.497 e. The molecule has 0 N–H and O–H groups in total. The van der Waals surface area contributed by atoms with E-state index < -0.39 is 0 Å². The summed E-state index contributed by atoms with van der Waals surface area (Å²) in [6, 6.07) is 16.8. The van der Waals surface area contributed by atoms with Crippen molar-refractivity contribution in [2.75, 3.05) is 20.8 Å². The molecule has 3 atom stereocenters. The fourth-order valence-corrected chi connectivity index (χ4v) is 4.24. The van der Waals surface area contributed by atoms with Gasteiger partial charge in [0.05, 0.1) is 25.9 Å². The molecule has 1 saturated heterocycles. The summed E-state index contributed by atoms with van der Waals surface area (Å²) in [4.78, 5) is 12.3. The van der Waals surface area contributed by atoms with Gasteiger partial charge in [0, 0.05) is 18.8 Å². The Morgan fingerprint density at radius 2 is 1.81 bits per heavy atom. The van der Waals surface area contributed by atoms with Gasteiger partial charge in [-0.3, -0.25) is 0 Å². The maximum absolute atomic E-state index is 12.3. The monoisotopic (exact) mass is 388 g/mol. The number of hydrogen-bond acceptors (Lipinski definition) is 6. The zero-order chi connectivity index (χ0) is 19.1. The summed E-state index contributed by atoms with van der Waals surface area (Å²) in [7, 11) is 3.29. The molecule has 1 aliphatic rings. The number of ether oxygens (including phenoxy) is 4. The van der Waals surface area contributed by atoms with Crippen LogP contribution < -0.4 is 4.74 Å². The number of methoxy groups -OCH3 is 2. The van der Waals surface area contributed by atoms with E-state index in [1.165, 1.54) is 0 Å². The van der Waals surface area contributed by atoms with E-state index in [1.807, 2.05) is 42.5 Å². The van der Waals surface area contributed by atoms with E-state index in [1.54, 1.807) is 38.1 Å². The lowest BCUT2D eigenvalue weighted by atomic mass is 10.2. The van der Waals surface area contributed by atoms with Gasteiger partial charge >= 0.3 is 5.97 Å². The molecule has 3 unspecified atom stereocenters. The number of rotatable bonds is 8. The topological polar surface area (TPSA) is 54.0 Å². The minimum Gasteiger partial charge on any atom is -0.497 e. The van der Waals surface area contributed by atoms with E-state index in [4.69, 9.17) is 18.9 Å². The van der Waals surface area contributed by atoms with Crippen LogP contribution in [0.5, 0.6) is 5.75 Å². The van der Waals surface area contributed by atoms with Gasteiger partial charge in [-0.2, -0.15) is 0 Å². The van der Waals surface area contributed by atoms with E-state index in [-0.39, 0.29) is 22.8 Å². The van der Waals surface area contributed by atoms with Crippen LogP contribution in [0.25, 0.3) is 0 Å². The van der Waals surface area contributed by atoms with Gasteiger partial charge in [0.1, 0.15) is 17.3 Å². The number of hydrogen-bond donors (Lipinski definition) is 0. The molecule has 144 valence electrons. The summed E-state index contributed by atoms with van der Waals surface area (Å²) in [5.41, 5.74) is 1.47. The van der Waals surface area contributed by atoms with Gasteiger partial charge in [-0.15, -0.1) is 11.8 Å². The summed E-state index contributed by atoms with van der Waals surface area (Å²) in [6.45, 7) is 1.11. The molecule has 0 amide bonds. The normalized spacial score (nSPS) is 21.8. The fourth-order valence-electron chi connectivity index (χ4n) is 2.93. The van der Waals surface area contributed by atoms with Crippen LogP contribution in [-0.2, 0) is 20.8 Å². The molecule has 0 spiro atoms. The second-order valence-corrected chi connectivity index (χ2v) is 7.67. The standard InChI is InChI=1S/C21H24O5S/c1-23-17-10-8-15(9-11-17)13-25-14-18-12-19(21(24-2)27-18)26-20(22)16-6-4-3-5-7-16/h3-11,18-19,21H,12-14H2,1-2H3. The van der Waals surface area contributed by atoms with Gasteiger partial charge in [-0.05, 0) is 29.8 Å². The Labute approximate surface area is 164 Å². The molecule has 5 nitrogen and oxygen atoms in total. The van der Waals surface area contributed by atoms with Gasteiger partial charge in [0.2, 0.25) is 0 Å². The first-order valence-electron chi connectivity index (χ1n) is 8.84. The first kappa shape index (κ1) is 19.7. The number of carbonyl (C=O) groups excluding carboxylic acids is 1. The van der Waals surface area contributed by atoms with Crippen molar-refractivity contribution in [1.29, 1.82) is 0 Å². The number of esters is 1. The van der Waals surface area contributed by atoms with E-state index in [9.17, 15) is 4.79 Å². The van der Waals surface area contributed by atoms with Crippen molar-refractivity contribution < 1.29 is 23.7 Å². The zero-order valence-electron chi connectivity index (χ0n) is 15.5. The second-order valence-electron chi connectivity index (χ2n) is 6.27. The van der Waals surface area contributed by atoms with Crippen molar-refractivity contribution in [3.63, 3.8) is 0 Å². The molecule has 0 radical (unpaired) electrons. The number of carbonyl (C=O) groups is 1. The number of benzene rings is 2. The molecule has 27 heavy (non-hydrogen) atoms. The Kier molecular flexibility index (Phi) is 7.15. The SMILES string of the molecule is COc1ccc(COCC2CC(OC(=O)c3ccccc3)C(OC)S2)cc1. The van der Waals surface area contributed by atoms with Gasteiger partial charge in [-0.25, -0.2) is 4.79 Å². The van der Waals surface area contributed by atoms with E-state index in [2.05, 4.69) is 0 Å².